The number of thioether (sulfide) groups is 1. The molecule has 1 fully saturated rings. The molecule has 1 aliphatic carbocycles. The van der Waals surface area contributed by atoms with E-state index in [1.807, 2.05) is 5.38 Å². The molecule has 7 heteroatoms. The number of fused-ring (bicyclic) bond motifs is 1. The molecule has 0 radical (unpaired) electrons. The van der Waals surface area contributed by atoms with E-state index in [9.17, 15) is 9.59 Å². The first kappa shape index (κ1) is 16.5. The van der Waals surface area contributed by atoms with Crippen molar-refractivity contribution in [1.82, 2.24) is 14.7 Å². The summed E-state index contributed by atoms with van der Waals surface area (Å²) in [5, 5.41) is 4.99. The van der Waals surface area contributed by atoms with Gasteiger partial charge in [0, 0.05) is 29.4 Å². The molecule has 23 heavy (non-hydrogen) atoms. The molecule has 0 bridgehead atoms. The summed E-state index contributed by atoms with van der Waals surface area (Å²) < 4.78 is 1.54. The van der Waals surface area contributed by atoms with Gasteiger partial charge in [0.1, 0.15) is 0 Å². The maximum atomic E-state index is 12.0. The summed E-state index contributed by atoms with van der Waals surface area (Å²) in [6, 6.07) is 1.89. The highest BCUT2D eigenvalue weighted by Crippen LogP contribution is 2.18. The number of nitrogens with one attached hydrogen (secondary N) is 1. The van der Waals surface area contributed by atoms with Crippen molar-refractivity contribution in [3.05, 3.63) is 33.7 Å². The van der Waals surface area contributed by atoms with Gasteiger partial charge in [-0.15, -0.1) is 23.1 Å². The summed E-state index contributed by atoms with van der Waals surface area (Å²) in [4.78, 5) is 29.1. The van der Waals surface area contributed by atoms with Crippen molar-refractivity contribution >= 4 is 34.0 Å². The molecule has 2 heterocycles. The van der Waals surface area contributed by atoms with Gasteiger partial charge in [-0.05, 0) is 12.8 Å². The van der Waals surface area contributed by atoms with Crippen LogP contribution in [0.5, 0.6) is 0 Å². The molecule has 0 atom stereocenters. The Labute approximate surface area is 143 Å². The number of rotatable bonds is 5. The second-order valence-electron chi connectivity index (χ2n) is 5.89. The molecule has 1 amide bonds. The van der Waals surface area contributed by atoms with E-state index in [2.05, 4.69) is 10.3 Å². The zero-order valence-electron chi connectivity index (χ0n) is 13.0. The Morgan fingerprint density at radius 2 is 2.13 bits per heavy atom. The maximum absolute atomic E-state index is 12.0. The fraction of sp³-hybridized carbons (Fsp3) is 0.562. The first-order valence-corrected chi connectivity index (χ1v) is 10.1. The van der Waals surface area contributed by atoms with E-state index in [0.717, 1.165) is 18.5 Å². The molecule has 2 aromatic rings. The Hall–Kier alpha value is -1.34. The number of amides is 1. The van der Waals surface area contributed by atoms with Gasteiger partial charge in [0.2, 0.25) is 5.91 Å². The maximum Gasteiger partial charge on any atom is 0.258 e. The zero-order chi connectivity index (χ0) is 16.1. The van der Waals surface area contributed by atoms with Crippen LogP contribution in [-0.4, -0.2) is 27.1 Å². The van der Waals surface area contributed by atoms with Gasteiger partial charge < -0.3 is 5.32 Å². The van der Waals surface area contributed by atoms with Crippen LogP contribution in [0.4, 0.5) is 0 Å². The van der Waals surface area contributed by atoms with Crippen LogP contribution in [0.3, 0.4) is 0 Å². The van der Waals surface area contributed by atoms with Crippen molar-refractivity contribution in [2.24, 2.45) is 0 Å². The lowest BCUT2D eigenvalue weighted by molar-refractivity contribution is -0.119. The molecule has 0 aliphatic heterocycles. The average Bonchev–Trinajstić information content (AvgIpc) is 2.85. The SMILES string of the molecule is O=C(CSCc1cc(=O)n2ccsc2n1)NC1CCCCCC1. The van der Waals surface area contributed by atoms with Gasteiger partial charge in [0.05, 0.1) is 11.4 Å². The Bertz CT molecular complexity index is 717. The molecule has 0 unspecified atom stereocenters. The predicted octanol–water partition coefficient (Wildman–Crippen LogP) is 2.83. The van der Waals surface area contributed by atoms with E-state index >= 15 is 0 Å². The van der Waals surface area contributed by atoms with E-state index in [1.54, 1.807) is 12.3 Å². The third-order valence-electron chi connectivity index (χ3n) is 4.06. The summed E-state index contributed by atoms with van der Waals surface area (Å²) in [7, 11) is 0. The van der Waals surface area contributed by atoms with E-state index in [4.69, 9.17) is 0 Å². The van der Waals surface area contributed by atoms with E-state index in [1.165, 1.54) is 53.2 Å². The number of carbonyl (C=O) groups excluding carboxylic acids is 1. The van der Waals surface area contributed by atoms with Crippen LogP contribution in [0.1, 0.15) is 44.2 Å². The molecule has 0 spiro atoms. The number of hydrogen-bond acceptors (Lipinski definition) is 5. The minimum atomic E-state index is -0.0604. The lowest BCUT2D eigenvalue weighted by atomic mass is 10.1. The fourth-order valence-corrected chi connectivity index (χ4v) is 4.37. The lowest BCUT2D eigenvalue weighted by Crippen LogP contribution is -2.35. The van der Waals surface area contributed by atoms with Crippen molar-refractivity contribution < 1.29 is 4.79 Å². The van der Waals surface area contributed by atoms with E-state index in [0.29, 0.717) is 22.5 Å². The normalized spacial score (nSPS) is 16.3. The molecule has 5 nitrogen and oxygen atoms in total. The minimum absolute atomic E-state index is 0.0604. The standard InChI is InChI=1S/C16H21N3O2S2/c20-14(17-12-5-3-1-2-4-6-12)11-22-10-13-9-15(21)19-7-8-23-16(19)18-13/h7-9,12H,1-6,10-11H2,(H,17,20). The second-order valence-corrected chi connectivity index (χ2v) is 7.75. The molecule has 1 saturated carbocycles. The van der Waals surface area contributed by atoms with Crippen LogP contribution in [-0.2, 0) is 10.5 Å². The molecule has 2 aromatic heterocycles. The van der Waals surface area contributed by atoms with Crippen LogP contribution >= 0.6 is 23.1 Å². The van der Waals surface area contributed by atoms with Crippen molar-refractivity contribution in [1.29, 1.82) is 0 Å². The molecule has 0 saturated heterocycles. The number of carbonyl (C=O) groups is 1. The predicted molar refractivity (Wildman–Crippen MR) is 95.1 cm³/mol. The monoisotopic (exact) mass is 351 g/mol. The Morgan fingerprint density at radius 1 is 1.35 bits per heavy atom. The highest BCUT2D eigenvalue weighted by atomic mass is 32.2. The Balaban J connectivity index is 1.48. The molecule has 1 N–H and O–H groups in total. The smallest absolute Gasteiger partial charge is 0.258 e. The first-order valence-electron chi connectivity index (χ1n) is 8.05. The topological polar surface area (TPSA) is 63.5 Å². The second kappa shape index (κ2) is 7.97. The summed E-state index contributed by atoms with van der Waals surface area (Å²) in [5.74, 6) is 1.10. The van der Waals surface area contributed by atoms with Crippen molar-refractivity contribution in [2.45, 2.75) is 50.3 Å². The molecular weight excluding hydrogens is 330 g/mol. The Morgan fingerprint density at radius 3 is 2.91 bits per heavy atom. The first-order chi connectivity index (χ1) is 11.2. The molecule has 3 rings (SSSR count). The zero-order valence-corrected chi connectivity index (χ0v) is 14.6. The summed E-state index contributed by atoms with van der Waals surface area (Å²) in [6.45, 7) is 0. The Kier molecular flexibility index (Phi) is 5.72. The van der Waals surface area contributed by atoms with Crippen LogP contribution in [0.15, 0.2) is 22.4 Å². The van der Waals surface area contributed by atoms with Crippen LogP contribution in [0.25, 0.3) is 4.96 Å². The van der Waals surface area contributed by atoms with Crippen molar-refractivity contribution in [3.63, 3.8) is 0 Å². The van der Waals surface area contributed by atoms with E-state index < -0.39 is 0 Å². The number of nitrogens with zero attached hydrogens (tertiary/aromatic N) is 2. The average molecular weight is 351 g/mol. The molecule has 124 valence electrons. The minimum Gasteiger partial charge on any atom is -0.353 e. The molecular formula is C16H21N3O2S2. The number of thiazole rings is 1. The number of aromatic nitrogens is 2. The van der Waals surface area contributed by atoms with Crippen LogP contribution < -0.4 is 10.9 Å². The largest absolute Gasteiger partial charge is 0.353 e. The molecule has 0 aromatic carbocycles. The third kappa shape index (κ3) is 4.57. The summed E-state index contributed by atoms with van der Waals surface area (Å²) >= 11 is 2.95. The van der Waals surface area contributed by atoms with Crippen molar-refractivity contribution in [2.75, 3.05) is 5.75 Å². The van der Waals surface area contributed by atoms with Gasteiger partial charge in [-0.1, -0.05) is 25.7 Å². The van der Waals surface area contributed by atoms with Gasteiger partial charge in [-0.2, -0.15) is 0 Å². The van der Waals surface area contributed by atoms with Gasteiger partial charge in [0.25, 0.3) is 5.56 Å². The highest BCUT2D eigenvalue weighted by Gasteiger charge is 2.14. The lowest BCUT2D eigenvalue weighted by Gasteiger charge is -2.15. The number of hydrogen-bond donors (Lipinski definition) is 1. The van der Waals surface area contributed by atoms with Crippen LogP contribution in [0.2, 0.25) is 0 Å². The van der Waals surface area contributed by atoms with Gasteiger partial charge >= 0.3 is 0 Å². The van der Waals surface area contributed by atoms with Crippen LogP contribution in [0, 0.1) is 0 Å². The third-order valence-corrected chi connectivity index (χ3v) is 5.78. The fourth-order valence-electron chi connectivity index (χ4n) is 2.90. The highest BCUT2D eigenvalue weighted by molar-refractivity contribution is 7.99. The van der Waals surface area contributed by atoms with Gasteiger partial charge in [0.15, 0.2) is 4.96 Å². The van der Waals surface area contributed by atoms with E-state index in [-0.39, 0.29) is 11.5 Å². The summed E-state index contributed by atoms with van der Waals surface area (Å²) in [5.41, 5.74) is 0.680. The van der Waals surface area contributed by atoms with Gasteiger partial charge in [-0.3, -0.25) is 14.0 Å². The van der Waals surface area contributed by atoms with Crippen molar-refractivity contribution in [3.8, 4) is 0 Å². The quantitative estimate of drug-likeness (QED) is 0.842. The van der Waals surface area contributed by atoms with Gasteiger partial charge in [-0.25, -0.2) is 4.98 Å². The summed E-state index contributed by atoms with van der Waals surface area (Å²) in [6.07, 6.45) is 8.93. The molecule has 1 aliphatic rings.